The van der Waals surface area contributed by atoms with Gasteiger partial charge in [-0.3, -0.25) is 0 Å². The third kappa shape index (κ3) is 6.49. The van der Waals surface area contributed by atoms with Gasteiger partial charge in [-0.2, -0.15) is 0 Å². The highest BCUT2D eigenvalue weighted by atomic mass is 16.5. The Morgan fingerprint density at radius 3 is 2.00 bits per heavy atom. The van der Waals surface area contributed by atoms with Gasteiger partial charge < -0.3 is 4.74 Å². The Balaban J connectivity index is 3.70. The fraction of sp³-hybridized carbons (Fsp3) is 1.00. The first-order chi connectivity index (χ1) is 4.77. The van der Waals surface area contributed by atoms with E-state index in [4.69, 9.17) is 4.74 Å². The van der Waals surface area contributed by atoms with Crippen LogP contribution in [0.1, 0.15) is 27.7 Å². The summed E-state index contributed by atoms with van der Waals surface area (Å²) in [7, 11) is 3.27. The molecule has 0 unspecified atom stereocenters. The lowest BCUT2D eigenvalue weighted by atomic mass is 9.64. The van der Waals surface area contributed by atoms with Crippen LogP contribution < -0.4 is 0 Å². The summed E-state index contributed by atoms with van der Waals surface area (Å²) in [5.74, 6) is 0. The summed E-state index contributed by atoms with van der Waals surface area (Å²) in [6.07, 6.45) is 0. The maximum atomic E-state index is 5.74. The number of ether oxygens (including phenoxy) is 1. The predicted molar refractivity (Wildman–Crippen MR) is 55.6 cm³/mol. The van der Waals surface area contributed by atoms with Crippen LogP contribution in [-0.4, -0.2) is 27.2 Å². The molecule has 0 bridgehead atoms. The lowest BCUT2D eigenvalue weighted by molar-refractivity contribution is 0.0301. The lowest BCUT2D eigenvalue weighted by Crippen LogP contribution is -2.33. The molecule has 0 aliphatic rings. The summed E-state index contributed by atoms with van der Waals surface area (Å²) in [5, 5.41) is 0.284. The highest BCUT2D eigenvalue weighted by Crippen LogP contribution is 2.21. The van der Waals surface area contributed by atoms with Crippen molar-refractivity contribution in [3.05, 3.63) is 0 Å². The van der Waals surface area contributed by atoms with E-state index in [1.165, 1.54) is 0 Å². The van der Waals surface area contributed by atoms with Crippen LogP contribution in [0.4, 0.5) is 0 Å². The van der Waals surface area contributed by atoms with Crippen LogP contribution in [0.25, 0.3) is 0 Å². The minimum atomic E-state index is 0.0489. The van der Waals surface area contributed by atoms with Gasteiger partial charge in [-0.05, 0) is 19.2 Å². The second kappa shape index (κ2) is 3.66. The zero-order chi connectivity index (χ0) is 9.12. The number of hydrogen-bond donors (Lipinski definition) is 0. The van der Waals surface area contributed by atoms with Gasteiger partial charge in [0.15, 0.2) is 7.28 Å². The number of hydrogen-bond acceptors (Lipinski definition) is 1. The minimum Gasteiger partial charge on any atom is -0.384 e. The summed E-state index contributed by atoms with van der Waals surface area (Å²) in [4.78, 5) is 0. The van der Waals surface area contributed by atoms with Crippen LogP contribution in [0, 0.1) is 0 Å². The average Bonchev–Trinajstić information content (AvgIpc) is 1.83. The Labute approximate surface area is 72.5 Å². The standard InChI is InChI=1S/C8H20B2O/c1-7(2,9)6-11-8(3,4)10-5/h10H,6,9H2,1-5H3. The lowest BCUT2D eigenvalue weighted by Gasteiger charge is -2.28. The molecule has 0 fully saturated rings. The molecule has 0 N–H and O–H groups in total. The fourth-order valence-electron chi connectivity index (χ4n) is 0.514. The van der Waals surface area contributed by atoms with Gasteiger partial charge in [0, 0.05) is 12.1 Å². The second-order valence-electron chi connectivity index (χ2n) is 4.96. The van der Waals surface area contributed by atoms with Crippen LogP contribution in [-0.2, 0) is 4.74 Å². The molecule has 0 saturated heterocycles. The van der Waals surface area contributed by atoms with Crippen molar-refractivity contribution < 1.29 is 4.74 Å². The zero-order valence-corrected chi connectivity index (χ0v) is 8.82. The van der Waals surface area contributed by atoms with Crippen molar-refractivity contribution in [3.63, 3.8) is 0 Å². The van der Waals surface area contributed by atoms with Gasteiger partial charge >= 0.3 is 0 Å². The van der Waals surface area contributed by atoms with Crippen molar-refractivity contribution >= 4 is 15.1 Å². The normalized spacial score (nSPS) is 13.2. The molecule has 0 aromatic rings. The molecule has 11 heavy (non-hydrogen) atoms. The number of rotatable bonds is 4. The van der Waals surface area contributed by atoms with E-state index in [1.54, 1.807) is 0 Å². The van der Waals surface area contributed by atoms with Crippen LogP contribution in [0.3, 0.4) is 0 Å². The maximum Gasteiger partial charge on any atom is 0.157 e. The van der Waals surface area contributed by atoms with Gasteiger partial charge in [0.1, 0.15) is 7.85 Å². The van der Waals surface area contributed by atoms with E-state index in [0.29, 0.717) is 0 Å². The summed E-state index contributed by atoms with van der Waals surface area (Å²) in [6, 6.07) is 0. The van der Waals surface area contributed by atoms with Crippen molar-refractivity contribution in [1.82, 2.24) is 0 Å². The van der Waals surface area contributed by atoms with Crippen molar-refractivity contribution in [2.45, 2.75) is 45.3 Å². The smallest absolute Gasteiger partial charge is 0.157 e. The van der Waals surface area contributed by atoms with Gasteiger partial charge in [-0.1, -0.05) is 20.7 Å². The quantitative estimate of drug-likeness (QED) is 0.550. The predicted octanol–water partition coefficient (Wildman–Crippen LogP) is 1.06. The largest absolute Gasteiger partial charge is 0.384 e. The molecule has 0 rings (SSSR count). The topological polar surface area (TPSA) is 9.23 Å². The van der Waals surface area contributed by atoms with E-state index >= 15 is 0 Å². The molecule has 1 nitrogen and oxygen atoms in total. The van der Waals surface area contributed by atoms with Crippen LogP contribution in [0.5, 0.6) is 0 Å². The first-order valence-electron chi connectivity index (χ1n) is 4.41. The van der Waals surface area contributed by atoms with Crippen molar-refractivity contribution in [1.29, 1.82) is 0 Å². The zero-order valence-electron chi connectivity index (χ0n) is 8.82. The van der Waals surface area contributed by atoms with Crippen molar-refractivity contribution in [2.75, 3.05) is 6.61 Å². The van der Waals surface area contributed by atoms with Gasteiger partial charge in [0.05, 0.1) is 0 Å². The van der Waals surface area contributed by atoms with E-state index in [0.717, 1.165) is 13.9 Å². The van der Waals surface area contributed by atoms with Crippen LogP contribution in [0.15, 0.2) is 0 Å². The molecule has 0 amide bonds. The molecular formula is C8H20B2O. The van der Waals surface area contributed by atoms with Crippen LogP contribution in [0.2, 0.25) is 12.1 Å². The Morgan fingerprint density at radius 1 is 1.27 bits per heavy atom. The van der Waals surface area contributed by atoms with Gasteiger partial charge in [0.25, 0.3) is 0 Å². The molecule has 64 valence electrons. The van der Waals surface area contributed by atoms with Crippen LogP contribution >= 0.6 is 0 Å². The highest BCUT2D eigenvalue weighted by molar-refractivity contribution is 6.37. The van der Waals surface area contributed by atoms with E-state index in [9.17, 15) is 0 Å². The van der Waals surface area contributed by atoms with E-state index in [1.807, 2.05) is 0 Å². The molecular weight excluding hydrogens is 134 g/mol. The molecule has 0 heterocycles. The minimum absolute atomic E-state index is 0.0489. The highest BCUT2D eigenvalue weighted by Gasteiger charge is 2.20. The molecule has 0 spiro atoms. The summed E-state index contributed by atoms with van der Waals surface area (Å²) in [5.41, 5.74) is 0.0489. The van der Waals surface area contributed by atoms with Crippen molar-refractivity contribution in [3.8, 4) is 0 Å². The summed E-state index contributed by atoms with van der Waals surface area (Å²) < 4.78 is 5.74. The SMILES string of the molecule is BC(C)(C)COC(C)(C)BC. The first kappa shape index (κ1) is 11.1. The molecule has 0 atom stereocenters. The summed E-state index contributed by atoms with van der Waals surface area (Å²) in [6.45, 7) is 11.7. The molecule has 0 aromatic carbocycles. The van der Waals surface area contributed by atoms with E-state index < -0.39 is 0 Å². The Bertz CT molecular complexity index is 116. The molecule has 0 aromatic heterocycles. The van der Waals surface area contributed by atoms with Crippen molar-refractivity contribution in [2.24, 2.45) is 0 Å². The third-order valence-corrected chi connectivity index (χ3v) is 1.75. The van der Waals surface area contributed by atoms with Gasteiger partial charge in [0.2, 0.25) is 0 Å². The second-order valence-corrected chi connectivity index (χ2v) is 4.96. The molecule has 0 radical (unpaired) electrons. The maximum absolute atomic E-state index is 5.74. The third-order valence-electron chi connectivity index (χ3n) is 1.75. The Kier molecular flexibility index (Phi) is 3.69. The first-order valence-corrected chi connectivity index (χ1v) is 4.41. The van der Waals surface area contributed by atoms with Gasteiger partial charge in [-0.25, -0.2) is 0 Å². The Morgan fingerprint density at radius 2 is 1.73 bits per heavy atom. The monoisotopic (exact) mass is 154 g/mol. The van der Waals surface area contributed by atoms with E-state index in [-0.39, 0.29) is 10.8 Å². The van der Waals surface area contributed by atoms with E-state index in [2.05, 4.69) is 42.4 Å². The molecule has 0 saturated carbocycles. The average molecular weight is 154 g/mol. The molecule has 0 aliphatic heterocycles. The molecule has 3 heteroatoms. The Hall–Kier alpha value is 0.0899. The summed E-state index contributed by atoms with van der Waals surface area (Å²) >= 11 is 0. The fourth-order valence-corrected chi connectivity index (χ4v) is 0.514. The molecule has 0 aliphatic carbocycles. The van der Waals surface area contributed by atoms with Gasteiger partial charge in [-0.15, -0.1) is 0 Å².